The van der Waals surface area contributed by atoms with Gasteiger partial charge in [0.15, 0.2) is 0 Å². The summed E-state index contributed by atoms with van der Waals surface area (Å²) in [7, 11) is 0. The highest BCUT2D eigenvalue weighted by Crippen LogP contribution is 2.25. The molecule has 0 amide bonds. The van der Waals surface area contributed by atoms with Crippen molar-refractivity contribution in [2.75, 3.05) is 26.2 Å². The van der Waals surface area contributed by atoms with Gasteiger partial charge in [-0.1, -0.05) is 18.0 Å². The maximum absolute atomic E-state index is 10.1. The summed E-state index contributed by atoms with van der Waals surface area (Å²) < 4.78 is 5.69. The van der Waals surface area contributed by atoms with Crippen LogP contribution in [0.25, 0.3) is 0 Å². The van der Waals surface area contributed by atoms with Gasteiger partial charge in [-0.3, -0.25) is 0 Å². The first-order valence-electron chi connectivity index (χ1n) is 7.36. The van der Waals surface area contributed by atoms with Crippen molar-refractivity contribution in [2.24, 2.45) is 0 Å². The van der Waals surface area contributed by atoms with Crippen LogP contribution in [0.15, 0.2) is 12.1 Å². The van der Waals surface area contributed by atoms with Gasteiger partial charge in [0.1, 0.15) is 18.5 Å². The molecule has 1 atom stereocenters. The van der Waals surface area contributed by atoms with Crippen LogP contribution >= 0.6 is 24.0 Å². The van der Waals surface area contributed by atoms with Gasteiger partial charge in [-0.2, -0.15) is 0 Å². The number of rotatable bonds is 5. The number of piperidine rings is 1. The van der Waals surface area contributed by atoms with Crippen LogP contribution in [0.5, 0.6) is 5.75 Å². The maximum atomic E-state index is 10.1. The Hall–Kier alpha value is -0.480. The Bertz CT molecular complexity index is 425. The number of hydrogen-bond donors (Lipinski definition) is 1. The van der Waals surface area contributed by atoms with E-state index >= 15 is 0 Å². The fourth-order valence-electron chi connectivity index (χ4n) is 2.67. The number of nitrogens with zero attached hydrogens (tertiary/aromatic N) is 1. The van der Waals surface area contributed by atoms with Crippen LogP contribution in [0.2, 0.25) is 5.02 Å². The monoisotopic (exact) mass is 333 g/mol. The summed E-state index contributed by atoms with van der Waals surface area (Å²) in [6.07, 6.45) is 3.35. The van der Waals surface area contributed by atoms with Crippen LogP contribution < -0.4 is 4.74 Å². The summed E-state index contributed by atoms with van der Waals surface area (Å²) in [4.78, 5) is 2.32. The molecule has 1 aliphatic rings. The molecule has 1 heterocycles. The predicted molar refractivity (Wildman–Crippen MR) is 90.0 cm³/mol. The molecule has 2 rings (SSSR count). The third kappa shape index (κ3) is 5.67. The van der Waals surface area contributed by atoms with Gasteiger partial charge in [0.25, 0.3) is 0 Å². The number of aryl methyl sites for hydroxylation is 2. The van der Waals surface area contributed by atoms with Gasteiger partial charge in [-0.25, -0.2) is 0 Å². The molecule has 1 N–H and O–H groups in total. The normalized spacial score (nSPS) is 17.1. The lowest BCUT2D eigenvalue weighted by atomic mass is 10.1. The average Bonchev–Trinajstić information content (AvgIpc) is 2.43. The van der Waals surface area contributed by atoms with Crippen molar-refractivity contribution in [1.29, 1.82) is 0 Å². The molecular formula is C16H25Cl2NO2. The quantitative estimate of drug-likeness (QED) is 0.893. The van der Waals surface area contributed by atoms with Gasteiger partial charge in [0.05, 0.1) is 0 Å². The number of benzene rings is 1. The summed E-state index contributed by atoms with van der Waals surface area (Å²) >= 11 is 6.13. The zero-order valence-corrected chi connectivity index (χ0v) is 14.3. The molecule has 0 aliphatic carbocycles. The Morgan fingerprint density at radius 3 is 2.33 bits per heavy atom. The van der Waals surface area contributed by atoms with Gasteiger partial charge in [-0.05, 0) is 63.0 Å². The van der Waals surface area contributed by atoms with Crippen LogP contribution in [-0.4, -0.2) is 42.4 Å². The van der Waals surface area contributed by atoms with E-state index in [1.165, 1.54) is 19.3 Å². The summed E-state index contributed by atoms with van der Waals surface area (Å²) in [6, 6.07) is 3.84. The van der Waals surface area contributed by atoms with E-state index in [4.69, 9.17) is 16.3 Å². The first-order valence-corrected chi connectivity index (χ1v) is 7.74. The van der Waals surface area contributed by atoms with Crippen molar-refractivity contribution in [3.8, 4) is 5.75 Å². The molecule has 1 aromatic carbocycles. The summed E-state index contributed by atoms with van der Waals surface area (Å²) in [5.74, 6) is 0.780. The minimum absolute atomic E-state index is 0. The molecule has 1 unspecified atom stereocenters. The van der Waals surface area contributed by atoms with Crippen LogP contribution in [-0.2, 0) is 0 Å². The van der Waals surface area contributed by atoms with Crippen LogP contribution in [0.3, 0.4) is 0 Å². The van der Waals surface area contributed by atoms with Gasteiger partial charge in [-0.15, -0.1) is 12.4 Å². The summed E-state index contributed by atoms with van der Waals surface area (Å²) in [6.45, 7) is 7.15. The number of ether oxygens (including phenoxy) is 1. The van der Waals surface area contributed by atoms with Gasteiger partial charge >= 0.3 is 0 Å². The topological polar surface area (TPSA) is 32.7 Å². The fourth-order valence-corrected chi connectivity index (χ4v) is 2.78. The molecule has 5 heteroatoms. The lowest BCUT2D eigenvalue weighted by Crippen LogP contribution is -2.38. The fraction of sp³-hybridized carbons (Fsp3) is 0.625. The second-order valence-electron chi connectivity index (χ2n) is 5.70. The molecule has 21 heavy (non-hydrogen) atoms. The highest BCUT2D eigenvalue weighted by molar-refractivity contribution is 6.32. The first-order chi connectivity index (χ1) is 9.56. The van der Waals surface area contributed by atoms with Crippen molar-refractivity contribution < 1.29 is 9.84 Å². The number of likely N-dealkylation sites (tertiary alicyclic amines) is 1. The molecule has 120 valence electrons. The third-order valence-corrected chi connectivity index (χ3v) is 4.37. The van der Waals surface area contributed by atoms with Gasteiger partial charge in [0.2, 0.25) is 0 Å². The summed E-state index contributed by atoms with van der Waals surface area (Å²) in [5.41, 5.74) is 2.01. The van der Waals surface area contributed by atoms with Gasteiger partial charge in [0, 0.05) is 11.6 Å². The Balaban J connectivity index is 0.00000220. The smallest absolute Gasteiger partial charge is 0.120 e. The second kappa shape index (κ2) is 8.84. The molecule has 0 spiro atoms. The highest BCUT2D eigenvalue weighted by atomic mass is 35.5. The number of halogens is 2. The Morgan fingerprint density at radius 2 is 1.76 bits per heavy atom. The Kier molecular flexibility index (Phi) is 7.82. The predicted octanol–water partition coefficient (Wildman–Crippen LogP) is 3.60. The van der Waals surface area contributed by atoms with Crippen molar-refractivity contribution in [3.05, 3.63) is 28.3 Å². The van der Waals surface area contributed by atoms with Crippen LogP contribution in [0.4, 0.5) is 0 Å². The molecule has 0 bridgehead atoms. The molecule has 3 nitrogen and oxygen atoms in total. The molecule has 0 saturated carbocycles. The molecule has 0 aromatic heterocycles. The first kappa shape index (κ1) is 18.6. The lowest BCUT2D eigenvalue weighted by Gasteiger charge is -2.28. The third-order valence-electron chi connectivity index (χ3n) is 3.77. The van der Waals surface area contributed by atoms with Crippen LogP contribution in [0.1, 0.15) is 30.4 Å². The zero-order valence-electron chi connectivity index (χ0n) is 12.8. The molecule has 1 aliphatic heterocycles. The van der Waals surface area contributed by atoms with Crippen molar-refractivity contribution >= 4 is 24.0 Å². The molecule has 0 radical (unpaired) electrons. The molecule has 1 fully saturated rings. The van der Waals surface area contributed by atoms with E-state index < -0.39 is 6.10 Å². The molecular weight excluding hydrogens is 309 g/mol. The number of aliphatic hydroxyl groups excluding tert-OH is 1. The molecule has 1 aromatic rings. The van der Waals surface area contributed by atoms with E-state index in [0.29, 0.717) is 13.2 Å². The minimum atomic E-state index is -0.440. The lowest BCUT2D eigenvalue weighted by molar-refractivity contribution is 0.0617. The van der Waals surface area contributed by atoms with E-state index in [1.54, 1.807) is 0 Å². The van der Waals surface area contributed by atoms with E-state index in [-0.39, 0.29) is 12.4 Å². The number of aliphatic hydroxyl groups is 1. The SMILES string of the molecule is Cc1cc(OCC(O)CN2CCCCC2)cc(C)c1Cl.Cl. The highest BCUT2D eigenvalue weighted by Gasteiger charge is 2.15. The average molecular weight is 334 g/mol. The standard InChI is InChI=1S/C16H24ClNO2.ClH/c1-12-8-15(9-13(2)16(12)17)20-11-14(19)10-18-6-4-3-5-7-18;/h8-9,14,19H,3-7,10-11H2,1-2H3;1H. The number of hydrogen-bond acceptors (Lipinski definition) is 3. The van der Waals surface area contributed by atoms with E-state index in [9.17, 15) is 5.11 Å². The largest absolute Gasteiger partial charge is 0.491 e. The van der Waals surface area contributed by atoms with E-state index in [0.717, 1.165) is 35.0 Å². The van der Waals surface area contributed by atoms with E-state index in [1.807, 2.05) is 26.0 Å². The second-order valence-corrected chi connectivity index (χ2v) is 6.08. The number of β-amino-alcohol motifs (C(OH)–C–C–N with tert-alkyl or cyclic N) is 1. The van der Waals surface area contributed by atoms with Gasteiger partial charge < -0.3 is 14.7 Å². The Labute approximate surface area is 138 Å². The molecule has 1 saturated heterocycles. The summed E-state index contributed by atoms with van der Waals surface area (Å²) in [5, 5.41) is 10.8. The van der Waals surface area contributed by atoms with Crippen LogP contribution in [0, 0.1) is 13.8 Å². The maximum Gasteiger partial charge on any atom is 0.120 e. The van der Waals surface area contributed by atoms with Crippen molar-refractivity contribution in [3.63, 3.8) is 0 Å². The van der Waals surface area contributed by atoms with Crippen molar-refractivity contribution in [2.45, 2.75) is 39.2 Å². The van der Waals surface area contributed by atoms with Crippen molar-refractivity contribution in [1.82, 2.24) is 4.90 Å². The minimum Gasteiger partial charge on any atom is -0.491 e. The Morgan fingerprint density at radius 1 is 1.19 bits per heavy atom. The van der Waals surface area contributed by atoms with E-state index in [2.05, 4.69) is 4.90 Å². The zero-order chi connectivity index (χ0) is 14.5.